The number of aliphatic carboxylic acids is 2. The van der Waals surface area contributed by atoms with E-state index in [1.807, 2.05) is 0 Å². The van der Waals surface area contributed by atoms with Crippen molar-refractivity contribution in [3.05, 3.63) is 0 Å². The van der Waals surface area contributed by atoms with Crippen LogP contribution in [0.4, 0.5) is 0 Å². The van der Waals surface area contributed by atoms with Crippen molar-refractivity contribution in [3.63, 3.8) is 0 Å². The first-order valence-electron chi connectivity index (χ1n) is 4.95. The van der Waals surface area contributed by atoms with Crippen molar-refractivity contribution >= 4 is 36.8 Å². The fourth-order valence-corrected chi connectivity index (χ4v) is 1.00. The number of aliphatic imine (C=N–C) groups is 4. The zero-order valence-corrected chi connectivity index (χ0v) is 13.5. The number of carboxylic acid groups (broad SMARTS) is 2. The van der Waals surface area contributed by atoms with Gasteiger partial charge in [-0.15, -0.1) is 0 Å². The standard InChI is InChI=1S/2C5H6N2O2.Zn/c2*1-5(4(8)9)6-2-3-7-5;/h2*2-3H,1H3,(H,8,9);. The minimum Gasteiger partial charge on any atom is -0.478 e. The van der Waals surface area contributed by atoms with Gasteiger partial charge in [0.15, 0.2) is 0 Å². The molecular formula is C10H12N4O4Zn. The first-order chi connectivity index (χ1) is 8.30. The van der Waals surface area contributed by atoms with Crippen LogP contribution in [0.1, 0.15) is 13.8 Å². The number of carboxylic acids is 2. The summed E-state index contributed by atoms with van der Waals surface area (Å²) in [5.74, 6) is -2.04. The maximum absolute atomic E-state index is 10.3. The fourth-order valence-electron chi connectivity index (χ4n) is 1.00. The van der Waals surface area contributed by atoms with Crippen LogP contribution >= 0.6 is 0 Å². The second-order valence-corrected chi connectivity index (χ2v) is 3.76. The van der Waals surface area contributed by atoms with Crippen molar-refractivity contribution in [1.82, 2.24) is 0 Å². The zero-order valence-electron chi connectivity index (χ0n) is 10.5. The molecule has 2 rings (SSSR count). The van der Waals surface area contributed by atoms with Crippen molar-refractivity contribution in [1.29, 1.82) is 0 Å². The summed E-state index contributed by atoms with van der Waals surface area (Å²) in [5, 5.41) is 16.9. The molecule has 0 amide bonds. The van der Waals surface area contributed by atoms with E-state index in [0.29, 0.717) is 0 Å². The average Bonchev–Trinajstić information content (AvgIpc) is 2.90. The maximum Gasteiger partial charge on any atom is 0.354 e. The van der Waals surface area contributed by atoms with Crippen LogP contribution in [0.5, 0.6) is 0 Å². The molecule has 8 nitrogen and oxygen atoms in total. The van der Waals surface area contributed by atoms with E-state index in [-0.39, 0.29) is 19.5 Å². The molecule has 2 aliphatic rings. The minimum atomic E-state index is -1.25. The molecule has 0 saturated carbocycles. The van der Waals surface area contributed by atoms with Gasteiger partial charge in [0.1, 0.15) is 0 Å². The van der Waals surface area contributed by atoms with Gasteiger partial charge < -0.3 is 10.2 Å². The molecule has 9 heteroatoms. The molecule has 0 aromatic rings. The molecule has 0 unspecified atom stereocenters. The van der Waals surface area contributed by atoms with E-state index in [4.69, 9.17) is 10.2 Å². The quantitative estimate of drug-likeness (QED) is 0.689. The molecule has 0 aromatic carbocycles. The smallest absolute Gasteiger partial charge is 0.354 e. The zero-order chi connectivity index (χ0) is 13.8. The maximum atomic E-state index is 10.3. The third-order valence-corrected chi connectivity index (χ3v) is 2.25. The molecule has 0 spiro atoms. The van der Waals surface area contributed by atoms with E-state index in [0.717, 1.165) is 0 Å². The Kier molecular flexibility index (Phi) is 5.83. The van der Waals surface area contributed by atoms with Crippen LogP contribution in [0.3, 0.4) is 0 Å². The number of nitrogens with zero attached hydrogens (tertiary/aromatic N) is 4. The number of rotatable bonds is 2. The Bertz CT molecular complexity index is 416. The Morgan fingerprint density at radius 2 is 1.00 bits per heavy atom. The van der Waals surface area contributed by atoms with Gasteiger partial charge in [-0.2, -0.15) is 0 Å². The summed E-state index contributed by atoms with van der Waals surface area (Å²) >= 11 is 0. The van der Waals surface area contributed by atoms with Gasteiger partial charge in [-0.1, -0.05) is 0 Å². The van der Waals surface area contributed by atoms with Crippen LogP contribution in [0.2, 0.25) is 0 Å². The predicted octanol–water partition coefficient (Wildman–Crippen LogP) is -0.118. The Labute approximate surface area is 121 Å². The number of carbonyl (C=O) groups is 2. The van der Waals surface area contributed by atoms with Gasteiger partial charge in [0.05, 0.1) is 0 Å². The molecule has 0 bridgehead atoms. The van der Waals surface area contributed by atoms with Gasteiger partial charge in [-0.3, -0.25) is 20.0 Å². The van der Waals surface area contributed by atoms with Gasteiger partial charge in [0.2, 0.25) is 11.3 Å². The summed E-state index contributed by atoms with van der Waals surface area (Å²) in [4.78, 5) is 35.1. The Morgan fingerprint density at radius 3 is 1.11 bits per heavy atom. The fraction of sp³-hybridized carbons (Fsp3) is 0.400. The Hall–Kier alpha value is -1.76. The first-order valence-corrected chi connectivity index (χ1v) is 4.95. The SMILES string of the molecule is CC1(C(=O)O)N=CC=N1.CC1(C(=O)O)N=CC=N1.[Zn]. The van der Waals surface area contributed by atoms with E-state index in [1.165, 1.54) is 38.7 Å². The number of hydrogen-bond donors (Lipinski definition) is 2. The molecule has 98 valence electrons. The van der Waals surface area contributed by atoms with Crippen LogP contribution in [0, 0.1) is 0 Å². The van der Waals surface area contributed by atoms with Gasteiger partial charge >= 0.3 is 11.9 Å². The minimum absolute atomic E-state index is 0. The molecule has 0 aliphatic carbocycles. The summed E-state index contributed by atoms with van der Waals surface area (Å²) in [5.41, 5.74) is -2.50. The van der Waals surface area contributed by atoms with Crippen LogP contribution in [0.15, 0.2) is 20.0 Å². The predicted molar refractivity (Wildman–Crippen MR) is 66.0 cm³/mol. The van der Waals surface area contributed by atoms with E-state index < -0.39 is 23.3 Å². The van der Waals surface area contributed by atoms with Crippen molar-refractivity contribution in [3.8, 4) is 0 Å². The average molecular weight is 318 g/mol. The topological polar surface area (TPSA) is 124 Å². The normalized spacial score (nSPS) is 19.5. The molecule has 19 heavy (non-hydrogen) atoms. The molecule has 2 aliphatic heterocycles. The molecule has 0 atom stereocenters. The molecule has 0 aromatic heterocycles. The van der Waals surface area contributed by atoms with Crippen LogP contribution < -0.4 is 0 Å². The van der Waals surface area contributed by atoms with Crippen molar-refractivity contribution in [2.24, 2.45) is 20.0 Å². The molecule has 0 radical (unpaired) electrons. The van der Waals surface area contributed by atoms with E-state index in [1.54, 1.807) is 0 Å². The first kappa shape index (κ1) is 17.2. The van der Waals surface area contributed by atoms with Crippen molar-refractivity contribution in [2.75, 3.05) is 0 Å². The largest absolute Gasteiger partial charge is 0.478 e. The van der Waals surface area contributed by atoms with Crippen LogP contribution in [-0.4, -0.2) is 58.3 Å². The van der Waals surface area contributed by atoms with Crippen LogP contribution in [-0.2, 0) is 29.1 Å². The summed E-state index contributed by atoms with van der Waals surface area (Å²) < 4.78 is 0. The Morgan fingerprint density at radius 1 is 0.789 bits per heavy atom. The van der Waals surface area contributed by atoms with Crippen LogP contribution in [0.25, 0.3) is 0 Å². The second-order valence-electron chi connectivity index (χ2n) is 3.76. The summed E-state index contributed by atoms with van der Waals surface area (Å²) in [7, 11) is 0. The third kappa shape index (κ3) is 4.13. The van der Waals surface area contributed by atoms with E-state index >= 15 is 0 Å². The van der Waals surface area contributed by atoms with E-state index in [2.05, 4.69) is 20.0 Å². The summed E-state index contributed by atoms with van der Waals surface area (Å²) in [6.07, 6.45) is 5.53. The molecule has 2 N–H and O–H groups in total. The molecular weight excluding hydrogens is 306 g/mol. The third-order valence-electron chi connectivity index (χ3n) is 2.25. The Balaban J connectivity index is 0.000000324. The van der Waals surface area contributed by atoms with Gasteiger partial charge in [0.25, 0.3) is 0 Å². The number of hydrogen-bond acceptors (Lipinski definition) is 6. The van der Waals surface area contributed by atoms with Crippen molar-refractivity contribution < 1.29 is 39.3 Å². The van der Waals surface area contributed by atoms with Crippen molar-refractivity contribution in [2.45, 2.75) is 25.2 Å². The summed E-state index contributed by atoms with van der Waals surface area (Å²) in [6, 6.07) is 0. The molecule has 0 saturated heterocycles. The van der Waals surface area contributed by atoms with Gasteiger partial charge in [0, 0.05) is 44.3 Å². The second kappa shape index (κ2) is 6.42. The monoisotopic (exact) mass is 316 g/mol. The summed E-state index contributed by atoms with van der Waals surface area (Å²) in [6.45, 7) is 2.88. The molecule has 2 heterocycles. The molecule has 0 fully saturated rings. The van der Waals surface area contributed by atoms with E-state index in [9.17, 15) is 9.59 Å². The van der Waals surface area contributed by atoms with Gasteiger partial charge in [-0.05, 0) is 13.8 Å². The van der Waals surface area contributed by atoms with Gasteiger partial charge in [-0.25, -0.2) is 9.59 Å².